The van der Waals surface area contributed by atoms with Crippen molar-refractivity contribution in [3.63, 3.8) is 0 Å². The molecular formula is C14H21BrClN2O3S+. The average molecular weight is 413 g/mol. The molecule has 0 radical (unpaired) electrons. The lowest BCUT2D eigenvalue weighted by molar-refractivity contribution is -0.954. The van der Waals surface area contributed by atoms with Crippen molar-refractivity contribution in [2.24, 2.45) is 0 Å². The molecule has 0 amide bonds. The molecule has 0 aromatic heterocycles. The van der Waals surface area contributed by atoms with Gasteiger partial charge in [0.1, 0.15) is 23.5 Å². The third kappa shape index (κ3) is 4.43. The van der Waals surface area contributed by atoms with Crippen LogP contribution in [-0.2, 0) is 14.8 Å². The van der Waals surface area contributed by atoms with Gasteiger partial charge in [-0.2, -0.15) is 0 Å². The summed E-state index contributed by atoms with van der Waals surface area (Å²) in [6.07, 6.45) is 0. The largest absolute Gasteiger partial charge is 0.370 e. The van der Waals surface area contributed by atoms with Crippen LogP contribution >= 0.6 is 27.5 Å². The minimum atomic E-state index is -3.63. The molecule has 1 aliphatic heterocycles. The van der Waals surface area contributed by atoms with Gasteiger partial charge in [-0.3, -0.25) is 0 Å². The molecule has 0 bridgehead atoms. The zero-order chi connectivity index (χ0) is 16.4. The fourth-order valence-electron chi connectivity index (χ4n) is 2.47. The highest BCUT2D eigenvalue weighted by molar-refractivity contribution is 9.10. The number of sulfonamides is 1. The lowest BCUT2D eigenvalue weighted by Gasteiger charge is -2.37. The molecule has 2 rings (SSSR count). The molecule has 0 atom stereocenters. The zero-order valence-corrected chi connectivity index (χ0v) is 15.8. The minimum Gasteiger partial charge on any atom is -0.370 e. The number of hydrogen-bond acceptors (Lipinski definition) is 3. The number of nitrogens with one attached hydrogen (secondary N) is 2. The van der Waals surface area contributed by atoms with E-state index in [4.69, 9.17) is 16.3 Å². The first-order chi connectivity index (χ1) is 10.2. The predicted molar refractivity (Wildman–Crippen MR) is 89.9 cm³/mol. The molecule has 22 heavy (non-hydrogen) atoms. The zero-order valence-electron chi connectivity index (χ0n) is 12.7. The Hall–Kier alpha value is -0.180. The Labute approximate surface area is 145 Å². The van der Waals surface area contributed by atoms with Crippen LogP contribution in [0.4, 0.5) is 0 Å². The fourth-order valence-corrected chi connectivity index (χ4v) is 4.71. The van der Waals surface area contributed by atoms with Gasteiger partial charge in [0.05, 0.1) is 24.8 Å². The lowest BCUT2D eigenvalue weighted by Crippen LogP contribution is -3.22. The third-order valence-electron chi connectivity index (χ3n) is 3.94. The number of halogens is 2. The molecule has 1 aromatic carbocycles. The van der Waals surface area contributed by atoms with Crippen LogP contribution in [-0.4, -0.2) is 46.8 Å². The van der Waals surface area contributed by atoms with Crippen LogP contribution in [0.2, 0.25) is 5.02 Å². The Bertz CT molecular complexity index is 631. The van der Waals surface area contributed by atoms with Gasteiger partial charge >= 0.3 is 0 Å². The van der Waals surface area contributed by atoms with E-state index in [0.29, 0.717) is 19.8 Å². The molecule has 1 aliphatic rings. The van der Waals surface area contributed by atoms with Crippen molar-refractivity contribution in [1.29, 1.82) is 0 Å². The number of quaternary nitrogens is 1. The number of hydrogen-bond donors (Lipinski definition) is 2. The maximum atomic E-state index is 12.4. The van der Waals surface area contributed by atoms with Gasteiger partial charge in [0.2, 0.25) is 10.0 Å². The summed E-state index contributed by atoms with van der Waals surface area (Å²) < 4.78 is 33.7. The summed E-state index contributed by atoms with van der Waals surface area (Å²) >= 11 is 9.31. The van der Waals surface area contributed by atoms with E-state index in [9.17, 15) is 8.42 Å². The minimum absolute atomic E-state index is 0.102. The van der Waals surface area contributed by atoms with Gasteiger partial charge in [-0.25, -0.2) is 13.1 Å². The Morgan fingerprint density at radius 2 is 2.00 bits per heavy atom. The van der Waals surface area contributed by atoms with Crippen LogP contribution in [0.25, 0.3) is 0 Å². The van der Waals surface area contributed by atoms with Gasteiger partial charge in [0.25, 0.3) is 0 Å². The van der Waals surface area contributed by atoms with E-state index in [1.54, 1.807) is 12.1 Å². The van der Waals surface area contributed by atoms with Gasteiger partial charge < -0.3 is 9.64 Å². The molecule has 0 saturated carbocycles. The number of ether oxygens (including phenoxy) is 1. The molecule has 1 fully saturated rings. The molecule has 0 spiro atoms. The van der Waals surface area contributed by atoms with E-state index in [0.717, 1.165) is 17.6 Å². The highest BCUT2D eigenvalue weighted by Gasteiger charge is 2.34. The van der Waals surface area contributed by atoms with Crippen molar-refractivity contribution < 1.29 is 18.1 Å². The second-order valence-corrected chi connectivity index (χ2v) is 9.06. The van der Waals surface area contributed by atoms with Crippen LogP contribution < -0.4 is 9.62 Å². The fraction of sp³-hybridized carbons (Fsp3) is 0.571. The van der Waals surface area contributed by atoms with Crippen LogP contribution in [0.5, 0.6) is 0 Å². The smallest absolute Gasteiger partial charge is 0.242 e. The summed E-state index contributed by atoms with van der Waals surface area (Å²) in [6.45, 7) is 7.64. The second kappa shape index (κ2) is 7.15. The van der Waals surface area contributed by atoms with Crippen LogP contribution in [0, 0.1) is 0 Å². The van der Waals surface area contributed by atoms with Crippen molar-refractivity contribution in [2.45, 2.75) is 24.3 Å². The standard InChI is InChI=1S/C14H20BrClN2O3S/c1-14(2,18-5-7-21-8-6-18)10-17-22(19,20)13-4-3-11(15)9-12(13)16/h3-4,9,17H,5-8,10H2,1-2H3/p+1. The molecule has 1 heterocycles. The quantitative estimate of drug-likeness (QED) is 0.761. The van der Waals surface area contributed by atoms with E-state index >= 15 is 0 Å². The number of rotatable bonds is 5. The van der Waals surface area contributed by atoms with E-state index in [1.165, 1.54) is 11.0 Å². The van der Waals surface area contributed by atoms with Crippen molar-refractivity contribution >= 4 is 37.6 Å². The maximum Gasteiger partial charge on any atom is 0.242 e. The van der Waals surface area contributed by atoms with Gasteiger partial charge in [-0.15, -0.1) is 0 Å². The molecule has 5 nitrogen and oxygen atoms in total. The Morgan fingerprint density at radius 1 is 1.36 bits per heavy atom. The van der Waals surface area contributed by atoms with Crippen LogP contribution in [0.1, 0.15) is 13.8 Å². The molecule has 8 heteroatoms. The molecule has 1 saturated heterocycles. The lowest BCUT2D eigenvalue weighted by atomic mass is 10.0. The summed E-state index contributed by atoms with van der Waals surface area (Å²) in [5, 5.41) is 0.207. The number of morpholine rings is 1. The van der Waals surface area contributed by atoms with Crippen LogP contribution in [0.3, 0.4) is 0 Å². The average Bonchev–Trinajstić information content (AvgIpc) is 2.46. The Kier molecular flexibility index (Phi) is 5.90. The van der Waals surface area contributed by atoms with Crippen molar-refractivity contribution in [1.82, 2.24) is 4.72 Å². The van der Waals surface area contributed by atoms with E-state index in [2.05, 4.69) is 34.5 Å². The van der Waals surface area contributed by atoms with Gasteiger partial charge in [0.15, 0.2) is 0 Å². The Balaban J connectivity index is 2.08. The molecule has 1 aromatic rings. The third-order valence-corrected chi connectivity index (χ3v) is 6.32. The van der Waals surface area contributed by atoms with Gasteiger partial charge in [-0.1, -0.05) is 27.5 Å². The first-order valence-electron chi connectivity index (χ1n) is 7.10. The number of benzene rings is 1. The second-order valence-electron chi connectivity index (χ2n) is 6.00. The Morgan fingerprint density at radius 3 is 2.59 bits per heavy atom. The summed E-state index contributed by atoms with van der Waals surface area (Å²) in [7, 11) is -3.63. The SMILES string of the molecule is CC(C)(CNS(=O)(=O)c1ccc(Br)cc1Cl)[NH+]1CCOCC1. The highest BCUT2D eigenvalue weighted by atomic mass is 79.9. The van der Waals surface area contributed by atoms with Gasteiger partial charge in [0, 0.05) is 4.47 Å². The van der Waals surface area contributed by atoms with Gasteiger partial charge in [-0.05, 0) is 32.0 Å². The summed E-state index contributed by atoms with van der Waals surface area (Å²) in [6, 6.07) is 4.75. The van der Waals surface area contributed by atoms with E-state index in [1.807, 2.05) is 0 Å². The topological polar surface area (TPSA) is 59.8 Å². The summed E-state index contributed by atoms with van der Waals surface area (Å²) in [5.41, 5.74) is -0.210. The molecular weight excluding hydrogens is 392 g/mol. The van der Waals surface area contributed by atoms with Crippen LogP contribution in [0.15, 0.2) is 27.6 Å². The highest BCUT2D eigenvalue weighted by Crippen LogP contribution is 2.25. The molecule has 0 unspecified atom stereocenters. The van der Waals surface area contributed by atoms with Crippen molar-refractivity contribution in [2.75, 3.05) is 32.8 Å². The molecule has 2 N–H and O–H groups in total. The van der Waals surface area contributed by atoms with E-state index in [-0.39, 0.29) is 15.5 Å². The summed E-state index contributed by atoms with van der Waals surface area (Å²) in [5.74, 6) is 0. The maximum absolute atomic E-state index is 12.4. The van der Waals surface area contributed by atoms with Crippen molar-refractivity contribution in [3.05, 3.63) is 27.7 Å². The normalized spacial score (nSPS) is 17.6. The molecule has 124 valence electrons. The first kappa shape index (κ1) is 18.2. The van der Waals surface area contributed by atoms with E-state index < -0.39 is 10.0 Å². The predicted octanol–water partition coefficient (Wildman–Crippen LogP) is 1.07. The van der Waals surface area contributed by atoms with Crippen molar-refractivity contribution in [3.8, 4) is 0 Å². The summed E-state index contributed by atoms with van der Waals surface area (Å²) in [4.78, 5) is 1.44. The monoisotopic (exact) mass is 411 g/mol. The molecule has 0 aliphatic carbocycles. The first-order valence-corrected chi connectivity index (χ1v) is 9.75.